The van der Waals surface area contributed by atoms with E-state index in [9.17, 15) is 9.90 Å². The number of methoxy groups -OCH3 is 1. The van der Waals surface area contributed by atoms with Gasteiger partial charge in [-0.15, -0.1) is 0 Å². The van der Waals surface area contributed by atoms with Crippen molar-refractivity contribution in [1.82, 2.24) is 0 Å². The molecule has 0 aliphatic heterocycles. The number of nitrogens with one attached hydrogen (secondary N) is 1. The maximum Gasteiger partial charge on any atom is 0.141 e. The van der Waals surface area contributed by atoms with Crippen molar-refractivity contribution >= 4 is 11.7 Å². The van der Waals surface area contributed by atoms with Gasteiger partial charge in [-0.2, -0.15) is 0 Å². The molecule has 0 saturated carbocycles. The SMILES string of the molecule is COc1ccccc1NCC(=O)[O-]. The number of carbonyl (C=O) groups excluding carboxylic acids is 1. The molecule has 0 fully saturated rings. The summed E-state index contributed by atoms with van der Waals surface area (Å²) in [5.41, 5.74) is 0.647. The number of benzene rings is 1. The second-order valence-electron chi connectivity index (χ2n) is 2.43. The Morgan fingerprint density at radius 1 is 1.54 bits per heavy atom. The summed E-state index contributed by atoms with van der Waals surface area (Å²) in [7, 11) is 1.53. The van der Waals surface area contributed by atoms with Gasteiger partial charge in [-0.25, -0.2) is 0 Å². The molecule has 1 rings (SSSR count). The van der Waals surface area contributed by atoms with Crippen LogP contribution in [-0.4, -0.2) is 19.6 Å². The third kappa shape index (κ3) is 2.66. The molecule has 0 amide bonds. The van der Waals surface area contributed by atoms with E-state index < -0.39 is 5.97 Å². The molecule has 0 heterocycles. The average molecular weight is 180 g/mol. The summed E-state index contributed by atoms with van der Waals surface area (Å²) < 4.78 is 5.00. The highest BCUT2D eigenvalue weighted by molar-refractivity contribution is 5.72. The maximum atomic E-state index is 10.2. The minimum Gasteiger partial charge on any atom is -0.548 e. The third-order valence-electron chi connectivity index (χ3n) is 1.53. The molecule has 0 spiro atoms. The Bertz CT molecular complexity index is 299. The quantitative estimate of drug-likeness (QED) is 0.700. The molecule has 0 saturated heterocycles. The van der Waals surface area contributed by atoms with E-state index in [-0.39, 0.29) is 6.54 Å². The van der Waals surface area contributed by atoms with Crippen molar-refractivity contribution in [3.63, 3.8) is 0 Å². The lowest BCUT2D eigenvalue weighted by molar-refractivity contribution is -0.302. The van der Waals surface area contributed by atoms with Gasteiger partial charge in [0.25, 0.3) is 0 Å². The van der Waals surface area contributed by atoms with Gasteiger partial charge in [0.05, 0.1) is 25.3 Å². The minimum absolute atomic E-state index is 0.222. The van der Waals surface area contributed by atoms with Gasteiger partial charge in [0, 0.05) is 0 Å². The summed E-state index contributed by atoms with van der Waals surface area (Å²) in [6.07, 6.45) is 0. The van der Waals surface area contributed by atoms with Crippen molar-refractivity contribution < 1.29 is 14.6 Å². The van der Waals surface area contributed by atoms with Crippen molar-refractivity contribution in [1.29, 1.82) is 0 Å². The van der Waals surface area contributed by atoms with Crippen molar-refractivity contribution in [3.05, 3.63) is 24.3 Å². The van der Waals surface area contributed by atoms with E-state index in [0.29, 0.717) is 11.4 Å². The van der Waals surface area contributed by atoms with E-state index in [1.165, 1.54) is 7.11 Å². The van der Waals surface area contributed by atoms with Gasteiger partial charge in [0.1, 0.15) is 5.75 Å². The van der Waals surface area contributed by atoms with Crippen molar-refractivity contribution in [3.8, 4) is 5.75 Å². The second kappa shape index (κ2) is 4.35. The van der Waals surface area contributed by atoms with Gasteiger partial charge >= 0.3 is 0 Å². The topological polar surface area (TPSA) is 61.4 Å². The predicted molar refractivity (Wildman–Crippen MR) is 46.5 cm³/mol. The van der Waals surface area contributed by atoms with Gasteiger partial charge in [-0.05, 0) is 12.1 Å². The van der Waals surface area contributed by atoms with Crippen LogP contribution in [0.4, 0.5) is 5.69 Å². The fourth-order valence-corrected chi connectivity index (χ4v) is 0.958. The number of aliphatic carboxylic acids is 1. The van der Waals surface area contributed by atoms with Crippen LogP contribution in [0, 0.1) is 0 Å². The molecule has 0 radical (unpaired) electrons. The first kappa shape index (κ1) is 9.38. The van der Waals surface area contributed by atoms with E-state index in [1.54, 1.807) is 18.2 Å². The first-order chi connectivity index (χ1) is 6.24. The van der Waals surface area contributed by atoms with Crippen LogP contribution in [-0.2, 0) is 4.79 Å². The highest BCUT2D eigenvalue weighted by atomic mass is 16.5. The fourth-order valence-electron chi connectivity index (χ4n) is 0.958. The number of rotatable bonds is 4. The molecular formula is C9H10NO3-. The molecule has 0 aliphatic rings. The van der Waals surface area contributed by atoms with Crippen molar-refractivity contribution in [2.75, 3.05) is 19.0 Å². The average Bonchev–Trinajstić information content (AvgIpc) is 2.15. The molecule has 1 aromatic rings. The van der Waals surface area contributed by atoms with Crippen LogP contribution in [0.5, 0.6) is 5.75 Å². The van der Waals surface area contributed by atoms with Crippen LogP contribution in [0.2, 0.25) is 0 Å². The normalized spacial score (nSPS) is 9.31. The first-order valence-electron chi connectivity index (χ1n) is 3.81. The number of carbonyl (C=O) groups is 1. The van der Waals surface area contributed by atoms with Gasteiger partial charge in [-0.1, -0.05) is 12.1 Å². The van der Waals surface area contributed by atoms with Crippen LogP contribution in [0.25, 0.3) is 0 Å². The molecule has 0 atom stereocenters. The number of anilines is 1. The number of ether oxygens (including phenoxy) is 1. The Morgan fingerprint density at radius 2 is 2.23 bits per heavy atom. The monoisotopic (exact) mass is 180 g/mol. The molecule has 0 aliphatic carbocycles. The van der Waals surface area contributed by atoms with Crippen LogP contribution >= 0.6 is 0 Å². The van der Waals surface area contributed by atoms with Gasteiger partial charge in [0.2, 0.25) is 0 Å². The summed E-state index contributed by atoms with van der Waals surface area (Å²) in [5.74, 6) is -0.533. The molecule has 1 N–H and O–H groups in total. The second-order valence-corrected chi connectivity index (χ2v) is 2.43. The van der Waals surface area contributed by atoms with E-state index in [2.05, 4.69) is 5.32 Å². The Morgan fingerprint density at radius 3 is 2.85 bits per heavy atom. The Hall–Kier alpha value is -1.71. The molecule has 1 aromatic carbocycles. The predicted octanol–water partition coefficient (Wildman–Crippen LogP) is -0.143. The van der Waals surface area contributed by atoms with E-state index in [1.807, 2.05) is 6.07 Å². The lowest BCUT2D eigenvalue weighted by atomic mass is 10.3. The zero-order valence-corrected chi connectivity index (χ0v) is 7.24. The Balaban J connectivity index is 2.69. The highest BCUT2D eigenvalue weighted by Gasteiger charge is 1.98. The highest BCUT2D eigenvalue weighted by Crippen LogP contribution is 2.22. The smallest absolute Gasteiger partial charge is 0.141 e. The van der Waals surface area contributed by atoms with E-state index in [4.69, 9.17) is 4.74 Å². The first-order valence-corrected chi connectivity index (χ1v) is 3.81. The number of hydrogen-bond donors (Lipinski definition) is 1. The maximum absolute atomic E-state index is 10.2. The number of para-hydroxylation sites is 2. The summed E-state index contributed by atoms with van der Waals surface area (Å²) in [6.45, 7) is -0.222. The molecule has 4 heteroatoms. The molecule has 13 heavy (non-hydrogen) atoms. The molecule has 0 bridgehead atoms. The van der Waals surface area contributed by atoms with Crippen LogP contribution in [0.1, 0.15) is 0 Å². The fraction of sp³-hybridized carbons (Fsp3) is 0.222. The third-order valence-corrected chi connectivity index (χ3v) is 1.53. The van der Waals surface area contributed by atoms with Crippen LogP contribution in [0.15, 0.2) is 24.3 Å². The summed E-state index contributed by atoms with van der Waals surface area (Å²) in [6, 6.07) is 7.09. The standard InChI is InChI=1S/C9H11NO3/c1-13-8-5-3-2-4-7(8)10-6-9(11)12/h2-5,10H,6H2,1H3,(H,11,12)/p-1. The van der Waals surface area contributed by atoms with Crippen LogP contribution < -0.4 is 15.2 Å². The summed E-state index contributed by atoms with van der Waals surface area (Å²) in [4.78, 5) is 10.2. The molecule has 0 aromatic heterocycles. The van der Waals surface area contributed by atoms with Crippen molar-refractivity contribution in [2.45, 2.75) is 0 Å². The Kier molecular flexibility index (Phi) is 3.14. The molecule has 70 valence electrons. The number of carboxylic acids is 1. The number of hydrogen-bond acceptors (Lipinski definition) is 4. The Labute approximate surface area is 76.1 Å². The van der Waals surface area contributed by atoms with Gasteiger partial charge in [0.15, 0.2) is 0 Å². The zero-order valence-electron chi connectivity index (χ0n) is 7.24. The van der Waals surface area contributed by atoms with Crippen LogP contribution in [0.3, 0.4) is 0 Å². The van der Waals surface area contributed by atoms with Crippen molar-refractivity contribution in [2.24, 2.45) is 0 Å². The molecule has 4 nitrogen and oxygen atoms in total. The van der Waals surface area contributed by atoms with Gasteiger partial charge in [-0.3, -0.25) is 0 Å². The number of carboxylic acid groups (broad SMARTS) is 1. The van der Waals surface area contributed by atoms with Gasteiger partial charge < -0.3 is 20.0 Å². The van der Waals surface area contributed by atoms with E-state index in [0.717, 1.165) is 0 Å². The lowest BCUT2D eigenvalue weighted by Crippen LogP contribution is -2.30. The summed E-state index contributed by atoms with van der Waals surface area (Å²) >= 11 is 0. The molecule has 0 unspecified atom stereocenters. The largest absolute Gasteiger partial charge is 0.548 e. The minimum atomic E-state index is -1.15. The lowest BCUT2D eigenvalue weighted by Gasteiger charge is -2.10. The summed E-state index contributed by atoms with van der Waals surface area (Å²) in [5, 5.41) is 12.8. The molecular weight excluding hydrogens is 170 g/mol. The zero-order chi connectivity index (χ0) is 9.68. The van der Waals surface area contributed by atoms with E-state index >= 15 is 0 Å².